The number of hydrogen-bond donors (Lipinski definition) is 0. The molecule has 0 aromatic carbocycles. The van der Waals surface area contributed by atoms with Crippen LogP contribution in [0.5, 0.6) is 0 Å². The molecule has 0 aromatic heterocycles. The summed E-state index contributed by atoms with van der Waals surface area (Å²) >= 11 is 0. The summed E-state index contributed by atoms with van der Waals surface area (Å²) in [6.45, 7) is 23.0. The first-order valence-corrected chi connectivity index (χ1v) is 7.00. The van der Waals surface area contributed by atoms with Crippen LogP contribution in [0, 0.1) is 0 Å². The van der Waals surface area contributed by atoms with Gasteiger partial charge in [-0.2, -0.15) is 14.1 Å². The van der Waals surface area contributed by atoms with Crippen LogP contribution < -0.4 is 0 Å². The van der Waals surface area contributed by atoms with E-state index in [1.807, 2.05) is 13.8 Å². The number of nitrogens with zero attached hydrogens (tertiary/aromatic N) is 4. The van der Waals surface area contributed by atoms with Crippen molar-refractivity contribution in [2.24, 2.45) is 0 Å². The van der Waals surface area contributed by atoms with Gasteiger partial charge in [-0.25, -0.2) is 12.3 Å². The summed E-state index contributed by atoms with van der Waals surface area (Å²) in [4.78, 5) is 15.5. The maximum atomic E-state index is 7.75. The molecule has 0 fully saturated rings. The largest absolute Gasteiger partial charge is 6.00 e. The van der Waals surface area contributed by atoms with E-state index in [-0.39, 0.29) is 42.9 Å². The quantitative estimate of drug-likeness (QED) is 0.385. The van der Waals surface area contributed by atoms with Gasteiger partial charge in [0.1, 0.15) is 0 Å². The molecule has 138 valence electrons. The van der Waals surface area contributed by atoms with Crippen LogP contribution in [0.4, 0.5) is 0 Å². The molecule has 0 aliphatic heterocycles. The zero-order valence-electron chi connectivity index (χ0n) is 16.3. The van der Waals surface area contributed by atoms with Crippen molar-refractivity contribution < 1.29 is 29.1 Å². The van der Waals surface area contributed by atoms with Crippen molar-refractivity contribution in [3.05, 3.63) is 21.3 Å². The van der Waals surface area contributed by atoms with Gasteiger partial charge < -0.3 is 30.9 Å². The Kier molecular flexibility index (Phi) is 29.5. The van der Waals surface area contributed by atoms with Gasteiger partial charge in [-0.15, -0.1) is 24.9 Å². The van der Waals surface area contributed by atoms with E-state index in [0.29, 0.717) is 0 Å². The second-order valence-electron chi connectivity index (χ2n) is 6.38. The molecule has 0 aliphatic rings. The predicted molar refractivity (Wildman–Crippen MR) is 97.2 cm³/mol. The number of rotatable bonds is 4. The molecule has 0 aromatic rings. The molecule has 0 rings (SSSR count). The Bertz CT molecular complexity index is 207. The molecule has 0 bridgehead atoms. The average molecular weight is 416 g/mol. The van der Waals surface area contributed by atoms with E-state index in [1.54, 1.807) is 14.1 Å². The van der Waals surface area contributed by atoms with Gasteiger partial charge in [0.25, 0.3) is 0 Å². The van der Waals surface area contributed by atoms with Crippen LogP contribution in [-0.2, 0) is 29.1 Å². The van der Waals surface area contributed by atoms with Crippen molar-refractivity contribution in [1.82, 2.24) is 0 Å². The van der Waals surface area contributed by atoms with E-state index < -0.39 is 0 Å². The Morgan fingerprint density at radius 1 is 0.652 bits per heavy atom. The molecule has 2 atom stereocenters. The van der Waals surface area contributed by atoms with Crippen molar-refractivity contribution in [2.75, 3.05) is 14.1 Å². The molecule has 6 nitrogen and oxygen atoms in total. The molecule has 0 spiro atoms. The minimum Gasteiger partial charge on any atom is -0.681 e. The van der Waals surface area contributed by atoms with Gasteiger partial charge in [0.2, 0.25) is 0 Å². The van der Waals surface area contributed by atoms with E-state index >= 15 is 0 Å². The van der Waals surface area contributed by atoms with Crippen molar-refractivity contribution in [2.45, 2.75) is 78.8 Å². The SMILES string of the molecule is C[N-]C(C)[N-]C(C)(C)C.C[N-]C(C)[N-]C(C)(C)C.[CH-]=O.[CH-]=O.[Ru+6]. The standard InChI is InChI=1S/2C7H16N2.2CHO.Ru/c2*1-6(8-5)9-7(2,3)4;2*1-2;/h2*6H,1-5H3;2*1H;/q2*-2;2*-1;+6. The normalized spacial score (nSPS) is 12.6. The Labute approximate surface area is 157 Å². The summed E-state index contributed by atoms with van der Waals surface area (Å²) in [6, 6.07) is 0. The maximum absolute atomic E-state index is 7.75. The molecule has 7 heteroatoms. The first-order valence-electron chi connectivity index (χ1n) is 7.00. The van der Waals surface area contributed by atoms with Crippen LogP contribution in [0.25, 0.3) is 21.3 Å². The summed E-state index contributed by atoms with van der Waals surface area (Å²) < 4.78 is 0. The molecule has 0 amide bonds. The second-order valence-corrected chi connectivity index (χ2v) is 6.38. The Morgan fingerprint density at radius 2 is 0.826 bits per heavy atom. The van der Waals surface area contributed by atoms with Gasteiger partial charge >= 0.3 is 19.5 Å². The summed E-state index contributed by atoms with van der Waals surface area (Å²) in [6.07, 6.45) is 0.287. The van der Waals surface area contributed by atoms with E-state index in [4.69, 9.17) is 9.59 Å². The molecule has 0 saturated carbocycles. The Balaban J connectivity index is -0.0000000743. The molecule has 0 saturated heterocycles. The third kappa shape index (κ3) is 44.9. The fraction of sp³-hybridized carbons (Fsp3) is 0.875. The van der Waals surface area contributed by atoms with E-state index in [2.05, 4.69) is 76.4 Å². The van der Waals surface area contributed by atoms with Crippen molar-refractivity contribution in [3.63, 3.8) is 0 Å². The smallest absolute Gasteiger partial charge is 0.681 e. The van der Waals surface area contributed by atoms with Gasteiger partial charge in [-0.05, 0) is 0 Å². The zero-order valence-corrected chi connectivity index (χ0v) is 18.0. The minimum absolute atomic E-state index is 0. The second kappa shape index (κ2) is 19.8. The van der Waals surface area contributed by atoms with E-state index in [9.17, 15) is 0 Å². The third-order valence-corrected chi connectivity index (χ3v) is 1.90. The zero-order chi connectivity index (χ0) is 19.0. The van der Waals surface area contributed by atoms with E-state index in [1.165, 1.54) is 0 Å². The van der Waals surface area contributed by atoms with Gasteiger partial charge in [-0.1, -0.05) is 41.5 Å². The van der Waals surface area contributed by atoms with Crippen LogP contribution in [0.3, 0.4) is 0 Å². The Hall–Kier alpha value is -0.197. The molecule has 0 aliphatic carbocycles. The summed E-state index contributed by atoms with van der Waals surface area (Å²) in [5.41, 5.74) is 0.109. The van der Waals surface area contributed by atoms with Gasteiger partial charge in [0, 0.05) is 0 Å². The molecular weight excluding hydrogens is 381 g/mol. The number of hydrogen-bond acceptors (Lipinski definition) is 2. The average Bonchev–Trinajstić information content (AvgIpc) is 2.40. The predicted octanol–water partition coefficient (Wildman–Crippen LogP) is 4.47. The van der Waals surface area contributed by atoms with E-state index in [0.717, 1.165) is 0 Å². The maximum Gasteiger partial charge on any atom is 6.00 e. The first kappa shape index (κ1) is 34.2. The summed E-state index contributed by atoms with van der Waals surface area (Å²) in [7, 11) is 3.58. The van der Waals surface area contributed by atoms with Crippen molar-refractivity contribution >= 4 is 13.6 Å². The third-order valence-electron chi connectivity index (χ3n) is 1.90. The molecule has 0 radical (unpaired) electrons. The number of carbonyl (C=O) groups excluding carboxylic acids is 2. The van der Waals surface area contributed by atoms with Crippen LogP contribution in [0.1, 0.15) is 55.4 Å². The fourth-order valence-electron chi connectivity index (χ4n) is 1.24. The fourth-order valence-corrected chi connectivity index (χ4v) is 1.24. The minimum atomic E-state index is 0. The monoisotopic (exact) mass is 416 g/mol. The van der Waals surface area contributed by atoms with Gasteiger partial charge in [0.05, 0.1) is 0 Å². The van der Waals surface area contributed by atoms with Crippen LogP contribution in [0.15, 0.2) is 0 Å². The van der Waals surface area contributed by atoms with Crippen molar-refractivity contribution in [3.8, 4) is 0 Å². The molecule has 23 heavy (non-hydrogen) atoms. The molecule has 0 N–H and O–H groups in total. The topological polar surface area (TPSA) is 90.5 Å². The van der Waals surface area contributed by atoms with Crippen molar-refractivity contribution in [1.29, 1.82) is 0 Å². The molecular formula is C16H34N4O2Ru. The molecule has 2 unspecified atom stereocenters. The van der Waals surface area contributed by atoms with Gasteiger partial charge in [-0.3, -0.25) is 13.6 Å². The summed E-state index contributed by atoms with van der Waals surface area (Å²) in [5.74, 6) is 0. The van der Waals surface area contributed by atoms with Gasteiger partial charge in [0.15, 0.2) is 0 Å². The van der Waals surface area contributed by atoms with Crippen LogP contribution >= 0.6 is 0 Å². The first-order chi connectivity index (χ1) is 9.91. The Morgan fingerprint density at radius 3 is 0.870 bits per heavy atom. The van der Waals surface area contributed by atoms with Crippen LogP contribution in [-0.4, -0.2) is 51.1 Å². The summed E-state index contributed by atoms with van der Waals surface area (Å²) in [5, 5.41) is 16.7. The molecule has 0 heterocycles. The van der Waals surface area contributed by atoms with Crippen LogP contribution in [0.2, 0.25) is 0 Å².